The van der Waals surface area contributed by atoms with Gasteiger partial charge in [-0.2, -0.15) is 0 Å². The van der Waals surface area contributed by atoms with Gasteiger partial charge >= 0.3 is 0 Å². The maximum Gasteiger partial charge on any atom is -0.00430 e. The Hall–Kier alpha value is -0.820. The average Bonchev–Trinajstić information content (AvgIpc) is 2.47. The molecule has 3 atom stereocenters. The number of nitrogens with two attached hydrogens (primary N) is 1. The Morgan fingerprint density at radius 2 is 2.05 bits per heavy atom. The van der Waals surface area contributed by atoms with Crippen LogP contribution in [-0.4, -0.2) is 6.54 Å². The van der Waals surface area contributed by atoms with Crippen LogP contribution in [0.3, 0.4) is 0 Å². The van der Waals surface area contributed by atoms with Crippen LogP contribution >= 0.6 is 0 Å². The summed E-state index contributed by atoms with van der Waals surface area (Å²) in [7, 11) is 0. The highest BCUT2D eigenvalue weighted by Crippen LogP contribution is 2.41. The van der Waals surface area contributed by atoms with Crippen molar-refractivity contribution in [3.63, 3.8) is 0 Å². The second-order valence-electron chi connectivity index (χ2n) is 6.18. The van der Waals surface area contributed by atoms with Crippen LogP contribution in [0.5, 0.6) is 0 Å². The van der Waals surface area contributed by atoms with Crippen LogP contribution in [0.25, 0.3) is 0 Å². The molecule has 19 heavy (non-hydrogen) atoms. The van der Waals surface area contributed by atoms with Gasteiger partial charge in [0.15, 0.2) is 0 Å². The van der Waals surface area contributed by atoms with E-state index in [-0.39, 0.29) is 0 Å². The van der Waals surface area contributed by atoms with Crippen LogP contribution in [0.1, 0.15) is 63.0 Å². The van der Waals surface area contributed by atoms with Crippen molar-refractivity contribution in [2.24, 2.45) is 17.6 Å². The summed E-state index contributed by atoms with van der Waals surface area (Å²) in [6, 6.07) is 9.27. The van der Waals surface area contributed by atoms with E-state index in [1.807, 2.05) is 0 Å². The molecular weight excluding hydrogens is 230 g/mol. The van der Waals surface area contributed by atoms with E-state index in [4.69, 9.17) is 5.73 Å². The lowest BCUT2D eigenvalue weighted by molar-refractivity contribution is 0.236. The minimum Gasteiger partial charge on any atom is -0.330 e. The molecule has 0 amide bonds. The molecule has 1 aliphatic carbocycles. The first-order valence-electron chi connectivity index (χ1n) is 8.07. The van der Waals surface area contributed by atoms with E-state index in [0.29, 0.717) is 11.8 Å². The van der Waals surface area contributed by atoms with Gasteiger partial charge in [-0.1, -0.05) is 57.4 Å². The Kier molecular flexibility index (Phi) is 5.45. The second-order valence-corrected chi connectivity index (χ2v) is 6.18. The molecule has 1 heteroatoms. The van der Waals surface area contributed by atoms with Gasteiger partial charge in [0.1, 0.15) is 0 Å². The highest BCUT2D eigenvalue weighted by atomic mass is 14.6. The van der Waals surface area contributed by atoms with Crippen LogP contribution in [0.4, 0.5) is 0 Å². The van der Waals surface area contributed by atoms with Gasteiger partial charge in [-0.15, -0.1) is 0 Å². The van der Waals surface area contributed by atoms with E-state index < -0.39 is 0 Å². The van der Waals surface area contributed by atoms with Crippen molar-refractivity contribution < 1.29 is 0 Å². The molecular formula is C18H29N. The Labute approximate surface area is 118 Å². The van der Waals surface area contributed by atoms with Gasteiger partial charge < -0.3 is 5.73 Å². The lowest BCUT2D eigenvalue weighted by Gasteiger charge is -2.36. The fourth-order valence-corrected chi connectivity index (χ4v) is 3.65. The quantitative estimate of drug-likeness (QED) is 0.827. The second kappa shape index (κ2) is 7.09. The number of aryl methyl sites for hydroxylation is 1. The smallest absolute Gasteiger partial charge is 0.00430 e. The first kappa shape index (κ1) is 14.6. The molecule has 2 rings (SSSR count). The lowest BCUT2D eigenvalue weighted by Crippen LogP contribution is -2.28. The molecule has 0 saturated heterocycles. The molecule has 0 bridgehead atoms. The van der Waals surface area contributed by atoms with Crippen molar-refractivity contribution in [3.05, 3.63) is 35.4 Å². The van der Waals surface area contributed by atoms with E-state index in [0.717, 1.165) is 12.5 Å². The van der Waals surface area contributed by atoms with E-state index in [1.165, 1.54) is 44.1 Å². The van der Waals surface area contributed by atoms with Gasteiger partial charge in [-0.05, 0) is 54.7 Å². The minimum atomic E-state index is 0.694. The molecule has 1 aliphatic rings. The van der Waals surface area contributed by atoms with E-state index >= 15 is 0 Å². The highest BCUT2D eigenvalue weighted by molar-refractivity contribution is 5.27. The van der Waals surface area contributed by atoms with E-state index in [2.05, 4.69) is 38.1 Å². The van der Waals surface area contributed by atoms with Gasteiger partial charge in [0.2, 0.25) is 0 Å². The third-order valence-corrected chi connectivity index (χ3v) is 4.90. The lowest BCUT2D eigenvalue weighted by atomic mass is 9.70. The summed E-state index contributed by atoms with van der Waals surface area (Å²) >= 11 is 0. The van der Waals surface area contributed by atoms with Crippen LogP contribution in [0.2, 0.25) is 0 Å². The zero-order chi connectivity index (χ0) is 13.7. The SMILES string of the molecule is CCCc1cccc(C2CC(CC)CCC2CN)c1. The molecule has 0 aromatic heterocycles. The molecule has 1 aromatic carbocycles. The zero-order valence-electron chi connectivity index (χ0n) is 12.6. The molecule has 3 unspecified atom stereocenters. The summed E-state index contributed by atoms with van der Waals surface area (Å²) in [6.45, 7) is 5.43. The Morgan fingerprint density at radius 3 is 2.74 bits per heavy atom. The fraction of sp³-hybridized carbons (Fsp3) is 0.667. The maximum absolute atomic E-state index is 6.01. The maximum atomic E-state index is 6.01. The zero-order valence-corrected chi connectivity index (χ0v) is 12.6. The Bertz CT molecular complexity index is 385. The molecule has 1 aromatic rings. The van der Waals surface area contributed by atoms with Gasteiger partial charge in [0.25, 0.3) is 0 Å². The number of benzene rings is 1. The summed E-state index contributed by atoms with van der Waals surface area (Å²) in [6.07, 6.45) is 7.79. The van der Waals surface area contributed by atoms with Gasteiger partial charge in [-0.3, -0.25) is 0 Å². The fourth-order valence-electron chi connectivity index (χ4n) is 3.65. The molecule has 0 spiro atoms. The van der Waals surface area contributed by atoms with Gasteiger partial charge in [0.05, 0.1) is 0 Å². The molecule has 106 valence electrons. The number of hydrogen-bond acceptors (Lipinski definition) is 1. The van der Waals surface area contributed by atoms with Crippen LogP contribution in [0.15, 0.2) is 24.3 Å². The number of hydrogen-bond donors (Lipinski definition) is 1. The molecule has 0 heterocycles. The summed E-state index contributed by atoms with van der Waals surface area (Å²) in [5.41, 5.74) is 9.05. The monoisotopic (exact) mass is 259 g/mol. The van der Waals surface area contributed by atoms with Gasteiger partial charge in [-0.25, -0.2) is 0 Å². The van der Waals surface area contributed by atoms with E-state index in [9.17, 15) is 0 Å². The number of rotatable bonds is 5. The summed E-state index contributed by atoms with van der Waals surface area (Å²) in [4.78, 5) is 0. The average molecular weight is 259 g/mol. The molecule has 1 nitrogen and oxygen atoms in total. The minimum absolute atomic E-state index is 0.694. The van der Waals surface area contributed by atoms with Crippen LogP contribution in [0, 0.1) is 11.8 Å². The van der Waals surface area contributed by atoms with Crippen molar-refractivity contribution in [2.45, 2.75) is 58.3 Å². The third-order valence-electron chi connectivity index (χ3n) is 4.90. The normalized spacial score (nSPS) is 27.4. The van der Waals surface area contributed by atoms with Crippen molar-refractivity contribution in [2.75, 3.05) is 6.54 Å². The topological polar surface area (TPSA) is 26.0 Å². The van der Waals surface area contributed by atoms with Gasteiger partial charge in [0, 0.05) is 0 Å². The van der Waals surface area contributed by atoms with Crippen LogP contribution in [-0.2, 0) is 6.42 Å². The summed E-state index contributed by atoms with van der Waals surface area (Å²) in [5.74, 6) is 2.29. The highest BCUT2D eigenvalue weighted by Gasteiger charge is 2.29. The Morgan fingerprint density at radius 1 is 1.21 bits per heavy atom. The molecule has 0 aliphatic heterocycles. The third kappa shape index (κ3) is 3.60. The molecule has 1 fully saturated rings. The molecule has 1 saturated carbocycles. The summed E-state index contributed by atoms with van der Waals surface area (Å²) < 4.78 is 0. The first-order chi connectivity index (χ1) is 9.28. The van der Waals surface area contributed by atoms with Crippen molar-refractivity contribution in [1.82, 2.24) is 0 Å². The van der Waals surface area contributed by atoms with Crippen LogP contribution < -0.4 is 5.73 Å². The Balaban J connectivity index is 2.18. The predicted octanol–water partition coefficient (Wildman–Crippen LogP) is 4.51. The standard InChI is InChI=1S/C18H29N/c1-3-6-15-7-5-8-16(11-15)18-12-14(4-2)9-10-17(18)13-19/h5,7-8,11,14,17-18H,3-4,6,9-10,12-13,19H2,1-2H3. The van der Waals surface area contributed by atoms with Crippen molar-refractivity contribution in [1.29, 1.82) is 0 Å². The first-order valence-corrected chi connectivity index (χ1v) is 8.07. The van der Waals surface area contributed by atoms with Crippen molar-refractivity contribution in [3.8, 4) is 0 Å². The summed E-state index contributed by atoms with van der Waals surface area (Å²) in [5, 5.41) is 0. The largest absolute Gasteiger partial charge is 0.330 e. The van der Waals surface area contributed by atoms with E-state index in [1.54, 1.807) is 5.56 Å². The molecule has 2 N–H and O–H groups in total. The predicted molar refractivity (Wildman–Crippen MR) is 83.4 cm³/mol. The van der Waals surface area contributed by atoms with Crippen molar-refractivity contribution >= 4 is 0 Å². The molecule has 0 radical (unpaired) electrons.